The normalized spacial score (nSPS) is 12.7. The van der Waals surface area contributed by atoms with Gasteiger partial charge >= 0.3 is 0 Å². The number of amides is 1. The summed E-state index contributed by atoms with van der Waals surface area (Å²) in [4.78, 5) is 12.5. The quantitative estimate of drug-likeness (QED) is 0.776. The Kier molecular flexibility index (Phi) is 6.79. The van der Waals surface area contributed by atoms with Crippen LogP contribution in [0.4, 0.5) is 4.39 Å². The Morgan fingerprint density at radius 3 is 2.54 bits per heavy atom. The average molecular weight is 378 g/mol. The van der Waals surface area contributed by atoms with Gasteiger partial charge in [-0.2, -0.15) is 0 Å². The van der Waals surface area contributed by atoms with Crippen LogP contribution in [0.1, 0.15) is 48.7 Å². The van der Waals surface area contributed by atoms with Gasteiger partial charge in [0.05, 0.1) is 6.10 Å². The molecule has 0 heterocycles. The topological polar surface area (TPSA) is 49.3 Å². The molecule has 1 amide bonds. The molecular formula is C21H25ClFNO2. The summed E-state index contributed by atoms with van der Waals surface area (Å²) in [6.07, 6.45) is 0.463. The van der Waals surface area contributed by atoms with E-state index in [2.05, 4.69) is 5.32 Å². The van der Waals surface area contributed by atoms with Crippen LogP contribution in [0.2, 0.25) is 5.02 Å². The highest BCUT2D eigenvalue weighted by molar-refractivity contribution is 6.31. The van der Waals surface area contributed by atoms with Crippen LogP contribution in [0.15, 0.2) is 42.5 Å². The van der Waals surface area contributed by atoms with E-state index in [4.69, 9.17) is 11.6 Å². The molecule has 0 aromatic heterocycles. The number of nitrogens with one attached hydrogen (secondary N) is 1. The number of carbonyl (C=O) groups excluding carboxylic acids is 1. The van der Waals surface area contributed by atoms with E-state index in [9.17, 15) is 14.3 Å². The summed E-state index contributed by atoms with van der Waals surface area (Å²) in [6.45, 7) is 5.70. The van der Waals surface area contributed by atoms with Gasteiger partial charge in [0.2, 0.25) is 0 Å². The average Bonchev–Trinajstić information content (AvgIpc) is 2.54. The van der Waals surface area contributed by atoms with Crippen molar-refractivity contribution in [3.8, 4) is 0 Å². The number of benzene rings is 2. The van der Waals surface area contributed by atoms with Crippen molar-refractivity contribution in [1.29, 1.82) is 0 Å². The van der Waals surface area contributed by atoms with Crippen LogP contribution in [0, 0.1) is 5.82 Å². The number of hydrogen-bond donors (Lipinski definition) is 2. The smallest absolute Gasteiger partial charge is 0.252 e. The van der Waals surface area contributed by atoms with Gasteiger partial charge in [0, 0.05) is 16.1 Å². The molecule has 2 aromatic rings. The molecule has 0 aliphatic carbocycles. The minimum Gasteiger partial charge on any atom is -0.393 e. The predicted octanol–water partition coefficient (Wildman–Crippen LogP) is 4.54. The van der Waals surface area contributed by atoms with E-state index in [1.165, 1.54) is 6.07 Å². The van der Waals surface area contributed by atoms with Gasteiger partial charge in [-0.05, 0) is 69.4 Å². The summed E-state index contributed by atoms with van der Waals surface area (Å²) in [6, 6.07) is 11.6. The Hall–Kier alpha value is -1.91. The molecule has 0 aliphatic rings. The van der Waals surface area contributed by atoms with E-state index in [0.29, 0.717) is 35.4 Å². The number of hydrogen-bond acceptors (Lipinski definition) is 2. The second kappa shape index (κ2) is 8.65. The van der Waals surface area contributed by atoms with Gasteiger partial charge in [-0.1, -0.05) is 35.9 Å². The molecule has 140 valence electrons. The lowest BCUT2D eigenvalue weighted by atomic mass is 9.96. The Labute approximate surface area is 159 Å². The summed E-state index contributed by atoms with van der Waals surface area (Å²) in [5.74, 6) is -0.493. The Balaban J connectivity index is 2.08. The fourth-order valence-corrected chi connectivity index (χ4v) is 2.90. The van der Waals surface area contributed by atoms with Gasteiger partial charge in [-0.25, -0.2) is 4.39 Å². The first-order valence-corrected chi connectivity index (χ1v) is 9.06. The lowest BCUT2D eigenvalue weighted by Crippen LogP contribution is -2.41. The van der Waals surface area contributed by atoms with Crippen molar-refractivity contribution in [2.24, 2.45) is 0 Å². The maximum Gasteiger partial charge on any atom is 0.252 e. The number of halogens is 2. The van der Waals surface area contributed by atoms with E-state index < -0.39 is 6.10 Å². The molecule has 0 saturated heterocycles. The molecular weight excluding hydrogens is 353 g/mol. The molecule has 0 fully saturated rings. The van der Waals surface area contributed by atoms with Crippen LogP contribution in [0.3, 0.4) is 0 Å². The third-order valence-electron chi connectivity index (χ3n) is 3.97. The SMILES string of the molecule is CC(C)(C)NC(=O)c1cc(Cl)ccc1CC(O)CCc1ccccc1F. The van der Waals surface area contributed by atoms with E-state index >= 15 is 0 Å². The van der Waals surface area contributed by atoms with Gasteiger partial charge in [0.1, 0.15) is 5.82 Å². The second-order valence-electron chi connectivity index (χ2n) is 7.49. The van der Waals surface area contributed by atoms with Crippen LogP contribution in [-0.4, -0.2) is 22.7 Å². The van der Waals surface area contributed by atoms with Gasteiger partial charge in [-0.3, -0.25) is 4.79 Å². The third-order valence-corrected chi connectivity index (χ3v) is 4.20. The van der Waals surface area contributed by atoms with Crippen LogP contribution in [-0.2, 0) is 12.8 Å². The second-order valence-corrected chi connectivity index (χ2v) is 7.93. The Morgan fingerprint density at radius 2 is 1.88 bits per heavy atom. The first kappa shape index (κ1) is 20.4. The number of aliphatic hydroxyl groups excluding tert-OH is 1. The zero-order valence-corrected chi connectivity index (χ0v) is 16.1. The fraction of sp³-hybridized carbons (Fsp3) is 0.381. The molecule has 3 nitrogen and oxygen atoms in total. The van der Waals surface area contributed by atoms with Gasteiger partial charge < -0.3 is 10.4 Å². The number of aryl methyl sites for hydroxylation is 1. The van der Waals surface area contributed by atoms with Crippen molar-refractivity contribution in [2.45, 2.75) is 51.7 Å². The minimum absolute atomic E-state index is 0.226. The van der Waals surface area contributed by atoms with E-state index in [0.717, 1.165) is 5.56 Å². The van der Waals surface area contributed by atoms with Crippen molar-refractivity contribution in [3.63, 3.8) is 0 Å². The zero-order chi connectivity index (χ0) is 19.3. The molecule has 1 atom stereocenters. The summed E-state index contributed by atoms with van der Waals surface area (Å²) >= 11 is 6.04. The van der Waals surface area contributed by atoms with Crippen LogP contribution < -0.4 is 5.32 Å². The minimum atomic E-state index is -0.683. The Bertz CT molecular complexity index is 771. The first-order valence-electron chi connectivity index (χ1n) is 8.68. The number of carbonyl (C=O) groups is 1. The predicted molar refractivity (Wildman–Crippen MR) is 103 cm³/mol. The third kappa shape index (κ3) is 6.11. The van der Waals surface area contributed by atoms with Crippen molar-refractivity contribution >= 4 is 17.5 Å². The van der Waals surface area contributed by atoms with Crippen LogP contribution in [0.5, 0.6) is 0 Å². The molecule has 2 aromatic carbocycles. The lowest BCUT2D eigenvalue weighted by Gasteiger charge is -2.22. The van der Waals surface area contributed by atoms with E-state index in [1.54, 1.807) is 36.4 Å². The molecule has 2 N–H and O–H groups in total. The van der Waals surface area contributed by atoms with Crippen molar-refractivity contribution in [1.82, 2.24) is 5.32 Å². The van der Waals surface area contributed by atoms with Crippen molar-refractivity contribution in [2.75, 3.05) is 0 Å². The molecule has 1 unspecified atom stereocenters. The highest BCUT2D eigenvalue weighted by Crippen LogP contribution is 2.20. The summed E-state index contributed by atoms with van der Waals surface area (Å²) < 4.78 is 13.7. The monoisotopic (exact) mass is 377 g/mol. The van der Waals surface area contributed by atoms with Crippen LogP contribution in [0.25, 0.3) is 0 Å². The molecule has 2 rings (SSSR count). The fourth-order valence-electron chi connectivity index (χ4n) is 2.73. The van der Waals surface area contributed by atoms with Crippen molar-refractivity contribution in [3.05, 3.63) is 70.0 Å². The molecule has 0 radical (unpaired) electrons. The van der Waals surface area contributed by atoms with E-state index in [1.807, 2.05) is 20.8 Å². The maximum atomic E-state index is 13.7. The molecule has 0 aliphatic heterocycles. The number of aliphatic hydroxyl groups is 1. The molecule has 0 bridgehead atoms. The Morgan fingerprint density at radius 1 is 1.19 bits per heavy atom. The molecule has 26 heavy (non-hydrogen) atoms. The lowest BCUT2D eigenvalue weighted by molar-refractivity contribution is 0.0917. The highest BCUT2D eigenvalue weighted by Gasteiger charge is 2.20. The largest absolute Gasteiger partial charge is 0.393 e. The van der Waals surface area contributed by atoms with Crippen LogP contribution >= 0.6 is 11.6 Å². The first-order chi connectivity index (χ1) is 12.2. The molecule has 0 saturated carbocycles. The van der Waals surface area contributed by atoms with E-state index in [-0.39, 0.29) is 17.3 Å². The summed E-state index contributed by atoms with van der Waals surface area (Å²) in [5, 5.41) is 13.8. The van der Waals surface area contributed by atoms with Gasteiger partial charge in [0.25, 0.3) is 5.91 Å². The standard InChI is InChI=1S/C21H25ClFNO2/c1-21(2,3)24-20(26)18-13-16(22)10-8-15(18)12-17(25)11-9-14-6-4-5-7-19(14)23/h4-8,10,13,17,25H,9,11-12H2,1-3H3,(H,24,26). The highest BCUT2D eigenvalue weighted by atomic mass is 35.5. The summed E-state index contributed by atoms with van der Waals surface area (Å²) in [7, 11) is 0. The molecule has 0 spiro atoms. The van der Waals surface area contributed by atoms with Gasteiger partial charge in [0.15, 0.2) is 0 Å². The zero-order valence-electron chi connectivity index (χ0n) is 15.4. The summed E-state index contributed by atoms with van der Waals surface area (Å²) in [5.41, 5.74) is 1.38. The van der Waals surface area contributed by atoms with Crippen molar-refractivity contribution < 1.29 is 14.3 Å². The number of rotatable bonds is 6. The van der Waals surface area contributed by atoms with Gasteiger partial charge in [-0.15, -0.1) is 0 Å². The molecule has 5 heteroatoms. The maximum absolute atomic E-state index is 13.7.